The van der Waals surface area contributed by atoms with E-state index in [4.69, 9.17) is 32.2 Å². The number of hydrogen-bond acceptors (Lipinski definition) is 9. The summed E-state index contributed by atoms with van der Waals surface area (Å²) in [6, 6.07) is 0. The van der Waals surface area contributed by atoms with E-state index in [2.05, 4.69) is 16.5 Å². The molecular weight excluding hydrogens is 414 g/mol. The van der Waals surface area contributed by atoms with E-state index in [0.29, 0.717) is 0 Å². The number of nitrogen functional groups attached to an aromatic ring is 1. The predicted octanol–water partition coefficient (Wildman–Crippen LogP) is 0.391. The summed E-state index contributed by atoms with van der Waals surface area (Å²) in [6.07, 6.45) is -3.17. The molecule has 2 saturated heterocycles. The van der Waals surface area contributed by atoms with E-state index < -0.39 is 47.8 Å². The van der Waals surface area contributed by atoms with Crippen molar-refractivity contribution < 1.29 is 24.1 Å². The Bertz CT molecular complexity index is 1150. The maximum Gasteiger partial charge on any atom is 0.278 e. The number of nitrogens with zero attached hydrogens (tertiary/aromatic N) is 3. The van der Waals surface area contributed by atoms with Gasteiger partial charge in [0.15, 0.2) is 33.7 Å². The third-order valence-corrected chi connectivity index (χ3v) is 5.61. The van der Waals surface area contributed by atoms with Crippen molar-refractivity contribution in [1.29, 1.82) is 0 Å². The number of fused-ring (bicyclic) bond motifs is 2. The van der Waals surface area contributed by atoms with Gasteiger partial charge >= 0.3 is 0 Å². The van der Waals surface area contributed by atoms with Gasteiger partial charge in [-0.15, -0.1) is 6.58 Å². The topological polar surface area (TPSA) is 147 Å². The van der Waals surface area contributed by atoms with Crippen LogP contribution in [0.15, 0.2) is 17.4 Å². The number of aliphatic hydroxyl groups is 1. The minimum Gasteiger partial charge on any atom is -0.382 e. The second-order valence-electron chi connectivity index (χ2n) is 7.79. The molecule has 2 fully saturated rings. The lowest BCUT2D eigenvalue weighted by atomic mass is 10.0. The zero-order chi connectivity index (χ0) is 22.0. The third kappa shape index (κ3) is 3.11. The minimum absolute atomic E-state index is 0.0919. The Morgan fingerprint density at radius 1 is 1.47 bits per heavy atom. The van der Waals surface area contributed by atoms with Crippen LogP contribution in [0.25, 0.3) is 11.2 Å². The molecule has 0 saturated carbocycles. The first-order valence-corrected chi connectivity index (χ1v) is 9.77. The fraction of sp³-hybridized carbons (Fsp3) is 0.556. The molecule has 0 spiro atoms. The zero-order valence-electron chi connectivity index (χ0n) is 16.7. The van der Waals surface area contributed by atoms with Gasteiger partial charge < -0.3 is 29.6 Å². The van der Waals surface area contributed by atoms with Crippen molar-refractivity contribution in [2.45, 2.75) is 63.7 Å². The Morgan fingerprint density at radius 2 is 2.13 bits per heavy atom. The number of aromatic amines is 1. The Morgan fingerprint density at radius 3 is 2.77 bits per heavy atom. The normalized spacial score (nSPS) is 28.5. The average Bonchev–Trinajstić information content (AvgIpc) is 3.22. The fourth-order valence-corrected chi connectivity index (χ4v) is 4.38. The molecule has 2 aromatic heterocycles. The van der Waals surface area contributed by atoms with Crippen LogP contribution in [0.5, 0.6) is 0 Å². The van der Waals surface area contributed by atoms with Crippen LogP contribution in [0.3, 0.4) is 0 Å². The number of ketones is 1. The van der Waals surface area contributed by atoms with Gasteiger partial charge in [0.2, 0.25) is 5.95 Å². The molecule has 11 nitrogen and oxygen atoms in total. The minimum atomic E-state index is -1.42. The first kappa shape index (κ1) is 20.9. The van der Waals surface area contributed by atoms with Crippen LogP contribution >= 0.6 is 12.2 Å². The largest absolute Gasteiger partial charge is 0.382 e. The van der Waals surface area contributed by atoms with E-state index in [-0.39, 0.29) is 28.4 Å². The lowest BCUT2D eigenvalue weighted by Gasteiger charge is -2.26. The molecule has 0 radical (unpaired) electrons. The summed E-state index contributed by atoms with van der Waals surface area (Å²) < 4.78 is 21.3. The molecule has 4 rings (SSSR count). The maximum absolute atomic E-state index is 12.6. The van der Waals surface area contributed by atoms with Crippen LogP contribution in [0.4, 0.5) is 5.95 Å². The van der Waals surface area contributed by atoms with Gasteiger partial charge in [-0.25, -0.2) is 0 Å². The van der Waals surface area contributed by atoms with E-state index in [1.807, 2.05) is 0 Å². The average molecular weight is 437 g/mol. The Labute approximate surface area is 176 Å². The van der Waals surface area contributed by atoms with Crippen LogP contribution < -0.4 is 11.3 Å². The van der Waals surface area contributed by atoms with Crippen molar-refractivity contribution in [3.05, 3.63) is 27.8 Å². The smallest absolute Gasteiger partial charge is 0.278 e. The Balaban J connectivity index is 1.92. The standard InChI is InChI=1S/C18H23N5O6S/c1-5-6-22-8-13(20-16(19)21-14(8)26)23(17(22)30)15-12-11(28-18(3,4)29-12)10(27-15)9(25)7(2)24/h5,9-12,15,25H,1,6H2,2-4H3,(H3,19,20,21,26)/t9?,10-,11-,12-,15-/m1/s1. The van der Waals surface area contributed by atoms with E-state index in [1.54, 1.807) is 24.5 Å². The lowest BCUT2D eigenvalue weighted by Crippen LogP contribution is -2.42. The van der Waals surface area contributed by atoms with Gasteiger partial charge in [-0.1, -0.05) is 6.08 Å². The molecule has 5 atom stereocenters. The predicted molar refractivity (Wildman–Crippen MR) is 108 cm³/mol. The molecule has 12 heteroatoms. The number of anilines is 1. The molecule has 0 bridgehead atoms. The van der Waals surface area contributed by atoms with Gasteiger partial charge in [0.05, 0.1) is 0 Å². The highest BCUT2D eigenvalue weighted by Crippen LogP contribution is 2.45. The number of hydrogen-bond donors (Lipinski definition) is 3. The van der Waals surface area contributed by atoms with Crippen molar-refractivity contribution >= 4 is 35.1 Å². The number of Topliss-reactive ketones (excluding diaryl/α,β-unsaturated/α-hetero) is 1. The van der Waals surface area contributed by atoms with E-state index in [0.717, 1.165) is 0 Å². The summed E-state index contributed by atoms with van der Waals surface area (Å²) in [7, 11) is 0. The van der Waals surface area contributed by atoms with Crippen LogP contribution in [-0.2, 0) is 25.5 Å². The molecule has 1 unspecified atom stereocenters. The summed E-state index contributed by atoms with van der Waals surface area (Å²) in [4.78, 5) is 31.2. The Hall–Kier alpha value is -2.38. The van der Waals surface area contributed by atoms with Crippen molar-refractivity contribution in [2.24, 2.45) is 0 Å². The van der Waals surface area contributed by atoms with Gasteiger partial charge in [0.1, 0.15) is 24.4 Å². The highest BCUT2D eigenvalue weighted by molar-refractivity contribution is 7.71. The zero-order valence-corrected chi connectivity index (χ0v) is 17.5. The summed E-state index contributed by atoms with van der Waals surface area (Å²) in [5, 5.41) is 10.4. The summed E-state index contributed by atoms with van der Waals surface area (Å²) in [6.45, 7) is 8.67. The third-order valence-electron chi connectivity index (χ3n) is 5.19. The first-order valence-electron chi connectivity index (χ1n) is 9.36. The fourth-order valence-electron chi connectivity index (χ4n) is 4.03. The maximum atomic E-state index is 12.6. The summed E-state index contributed by atoms with van der Waals surface area (Å²) in [5.74, 6) is -1.53. The van der Waals surface area contributed by atoms with Crippen molar-refractivity contribution in [3.63, 3.8) is 0 Å². The molecule has 0 aliphatic carbocycles. The molecule has 2 aromatic rings. The molecule has 30 heavy (non-hydrogen) atoms. The van der Waals surface area contributed by atoms with Gasteiger partial charge in [-0.3, -0.25) is 19.1 Å². The number of aromatic nitrogens is 4. The number of ether oxygens (including phenoxy) is 3. The second-order valence-corrected chi connectivity index (χ2v) is 8.15. The Kier molecular flexibility index (Phi) is 4.94. The molecule has 4 heterocycles. The second kappa shape index (κ2) is 7.10. The number of rotatable bonds is 5. The number of carbonyl (C=O) groups is 1. The summed E-state index contributed by atoms with van der Waals surface area (Å²) >= 11 is 5.61. The van der Waals surface area contributed by atoms with E-state index >= 15 is 0 Å². The number of carbonyl (C=O) groups excluding carboxylic acids is 1. The number of imidazole rings is 1. The summed E-state index contributed by atoms with van der Waals surface area (Å²) in [5.41, 5.74) is 5.69. The van der Waals surface area contributed by atoms with Crippen LogP contribution in [0, 0.1) is 4.77 Å². The molecule has 2 aliphatic heterocycles. The van der Waals surface area contributed by atoms with Gasteiger partial charge in [-0.05, 0) is 33.0 Å². The number of aliphatic hydroxyl groups excluding tert-OH is 1. The quantitative estimate of drug-likeness (QED) is 0.446. The number of nitrogens with two attached hydrogens (primary N) is 1. The SMILES string of the molecule is C=CCn1c(=S)n([C@@H]2O[C@H](C(O)C(C)=O)[C@H]3OC(C)(C)O[C@H]32)c2nc(N)[nH]c(=O)c21. The number of allylic oxidation sites excluding steroid dienone is 1. The van der Waals surface area contributed by atoms with Gasteiger partial charge in [0.25, 0.3) is 5.56 Å². The highest BCUT2D eigenvalue weighted by atomic mass is 32.1. The number of H-pyrrole nitrogens is 1. The monoisotopic (exact) mass is 437 g/mol. The van der Waals surface area contributed by atoms with Crippen LogP contribution in [0.1, 0.15) is 27.0 Å². The molecule has 0 aromatic carbocycles. The molecular formula is C18H23N5O6S. The van der Waals surface area contributed by atoms with Gasteiger partial charge in [0, 0.05) is 6.54 Å². The van der Waals surface area contributed by atoms with Gasteiger partial charge in [-0.2, -0.15) is 4.98 Å². The molecule has 2 aliphatic rings. The van der Waals surface area contributed by atoms with E-state index in [9.17, 15) is 14.7 Å². The lowest BCUT2D eigenvalue weighted by molar-refractivity contribution is -0.207. The van der Waals surface area contributed by atoms with Crippen LogP contribution in [0.2, 0.25) is 0 Å². The van der Waals surface area contributed by atoms with E-state index in [1.165, 1.54) is 11.5 Å². The molecule has 4 N–H and O–H groups in total. The first-order chi connectivity index (χ1) is 14.1. The molecule has 162 valence electrons. The molecule has 0 amide bonds. The number of nitrogens with one attached hydrogen (secondary N) is 1. The van der Waals surface area contributed by atoms with Crippen LogP contribution in [-0.4, -0.2) is 60.2 Å². The highest BCUT2D eigenvalue weighted by Gasteiger charge is 2.58. The van der Waals surface area contributed by atoms with Crippen molar-refractivity contribution in [1.82, 2.24) is 19.1 Å². The van der Waals surface area contributed by atoms with Crippen molar-refractivity contribution in [3.8, 4) is 0 Å². The van der Waals surface area contributed by atoms with Crippen molar-refractivity contribution in [2.75, 3.05) is 5.73 Å².